The van der Waals surface area contributed by atoms with Gasteiger partial charge < -0.3 is 5.32 Å². The van der Waals surface area contributed by atoms with E-state index in [1.165, 1.54) is 27.7 Å². The van der Waals surface area contributed by atoms with Gasteiger partial charge >= 0.3 is 0 Å². The third-order valence-electron chi connectivity index (χ3n) is 5.04. The molecule has 1 amide bonds. The molecule has 0 saturated heterocycles. The van der Waals surface area contributed by atoms with E-state index in [1.807, 2.05) is 72.1 Å². The lowest BCUT2D eigenvalue weighted by atomic mass is 10.2. The summed E-state index contributed by atoms with van der Waals surface area (Å²) in [6.45, 7) is 0. The Kier molecular flexibility index (Phi) is 5.80. The molecule has 33 heavy (non-hydrogen) atoms. The Hall–Kier alpha value is -3.69. The number of hydrogen-bond donors (Lipinski definition) is 1. The number of benzene rings is 2. The molecule has 5 rings (SSSR count). The van der Waals surface area contributed by atoms with Crippen LogP contribution in [0.15, 0.2) is 88.1 Å². The highest BCUT2D eigenvalue weighted by Crippen LogP contribution is 2.25. The Morgan fingerprint density at radius 2 is 1.79 bits per heavy atom. The minimum absolute atomic E-state index is 0.109. The van der Waals surface area contributed by atoms with Gasteiger partial charge in [0.25, 0.3) is 5.56 Å². The van der Waals surface area contributed by atoms with Crippen molar-refractivity contribution < 1.29 is 4.79 Å². The molecule has 0 saturated carbocycles. The first kappa shape index (κ1) is 21.2. The van der Waals surface area contributed by atoms with Crippen LogP contribution < -0.4 is 10.9 Å². The van der Waals surface area contributed by atoms with Crippen LogP contribution in [0.5, 0.6) is 0 Å². The van der Waals surface area contributed by atoms with Gasteiger partial charge in [0.2, 0.25) is 5.91 Å². The summed E-state index contributed by atoms with van der Waals surface area (Å²) in [5.41, 5.74) is 2.45. The lowest BCUT2D eigenvalue weighted by molar-refractivity contribution is -0.113. The number of hydrogen-bond acceptors (Lipinski definition) is 6. The Balaban J connectivity index is 1.39. The molecular formula is C24H19N5O2S2. The third kappa shape index (κ3) is 4.33. The number of carbonyl (C=O) groups excluding carboxylic acids is 1. The van der Waals surface area contributed by atoms with Crippen molar-refractivity contribution in [3.05, 3.63) is 88.5 Å². The van der Waals surface area contributed by atoms with E-state index in [9.17, 15) is 9.59 Å². The number of aromatic nitrogens is 4. The zero-order chi connectivity index (χ0) is 22.8. The van der Waals surface area contributed by atoms with Crippen LogP contribution in [0, 0.1) is 0 Å². The lowest BCUT2D eigenvalue weighted by Gasteiger charge is -2.09. The highest BCUT2D eigenvalue weighted by molar-refractivity contribution is 7.99. The number of nitrogens with zero attached hydrogens (tertiary/aromatic N) is 4. The Morgan fingerprint density at radius 1 is 1.06 bits per heavy atom. The number of thioether (sulfide) groups is 1. The van der Waals surface area contributed by atoms with Gasteiger partial charge in [-0.25, -0.2) is 9.67 Å². The fourth-order valence-corrected chi connectivity index (χ4v) is 4.98. The summed E-state index contributed by atoms with van der Waals surface area (Å²) < 4.78 is 3.20. The van der Waals surface area contributed by atoms with Gasteiger partial charge in [0.05, 0.1) is 22.5 Å². The Labute approximate surface area is 197 Å². The van der Waals surface area contributed by atoms with E-state index < -0.39 is 0 Å². The van der Waals surface area contributed by atoms with Crippen molar-refractivity contribution in [3.63, 3.8) is 0 Å². The zero-order valence-corrected chi connectivity index (χ0v) is 19.3. The molecule has 0 aliphatic carbocycles. The first-order chi connectivity index (χ1) is 16.1. The van der Waals surface area contributed by atoms with E-state index in [4.69, 9.17) is 5.10 Å². The van der Waals surface area contributed by atoms with E-state index in [0.717, 1.165) is 16.9 Å². The van der Waals surface area contributed by atoms with Gasteiger partial charge in [0.1, 0.15) is 10.6 Å². The van der Waals surface area contributed by atoms with Crippen molar-refractivity contribution in [2.24, 2.45) is 7.05 Å². The fraction of sp³-hybridized carbons (Fsp3) is 0.0833. The van der Waals surface area contributed by atoms with Crippen LogP contribution in [-0.4, -0.2) is 31.0 Å². The summed E-state index contributed by atoms with van der Waals surface area (Å²) in [6.07, 6.45) is 0. The molecular weight excluding hydrogens is 454 g/mol. The number of rotatable bonds is 6. The predicted molar refractivity (Wildman–Crippen MR) is 133 cm³/mol. The maximum atomic E-state index is 12.8. The van der Waals surface area contributed by atoms with Gasteiger partial charge in [-0.2, -0.15) is 5.10 Å². The molecule has 7 nitrogen and oxygen atoms in total. The van der Waals surface area contributed by atoms with Crippen molar-refractivity contribution in [2.45, 2.75) is 5.16 Å². The predicted octanol–water partition coefficient (Wildman–Crippen LogP) is 4.58. The Morgan fingerprint density at radius 3 is 2.55 bits per heavy atom. The standard InChI is InChI=1S/C24H19N5O2S2/c1-28-23(31)18-12-13-32-22(18)26-24(28)33-15-21(30)25-20-14-19(16-8-4-2-5-9-16)27-29(20)17-10-6-3-7-11-17/h2-14H,15H2,1H3,(H,25,30). The molecule has 0 aliphatic rings. The molecule has 0 spiro atoms. The van der Waals surface area contributed by atoms with Crippen molar-refractivity contribution >= 4 is 45.0 Å². The van der Waals surface area contributed by atoms with Crippen molar-refractivity contribution in [1.29, 1.82) is 0 Å². The van der Waals surface area contributed by atoms with Gasteiger partial charge in [0.15, 0.2) is 5.16 Å². The van der Waals surface area contributed by atoms with Crippen LogP contribution >= 0.6 is 23.1 Å². The monoisotopic (exact) mass is 473 g/mol. The van der Waals surface area contributed by atoms with Crippen molar-refractivity contribution in [2.75, 3.05) is 11.1 Å². The molecule has 0 fully saturated rings. The Bertz CT molecular complexity index is 1490. The summed E-state index contributed by atoms with van der Waals surface area (Å²) in [5.74, 6) is 0.469. The van der Waals surface area contributed by atoms with Crippen LogP contribution in [0.2, 0.25) is 0 Å². The highest BCUT2D eigenvalue weighted by atomic mass is 32.2. The molecule has 0 radical (unpaired) electrons. The van der Waals surface area contributed by atoms with Crippen molar-refractivity contribution in [1.82, 2.24) is 19.3 Å². The van der Waals surface area contributed by atoms with Crippen LogP contribution in [0.3, 0.4) is 0 Å². The summed E-state index contributed by atoms with van der Waals surface area (Å²) >= 11 is 2.64. The summed E-state index contributed by atoms with van der Waals surface area (Å²) in [6, 6.07) is 23.1. The second kappa shape index (κ2) is 9.05. The molecule has 0 bridgehead atoms. The molecule has 0 aliphatic heterocycles. The lowest BCUT2D eigenvalue weighted by Crippen LogP contribution is -2.21. The quantitative estimate of drug-likeness (QED) is 0.288. The first-order valence-electron chi connectivity index (χ1n) is 10.2. The average molecular weight is 474 g/mol. The molecule has 2 aromatic carbocycles. The molecule has 3 heterocycles. The second-order valence-electron chi connectivity index (χ2n) is 7.26. The van der Waals surface area contributed by atoms with Gasteiger partial charge in [-0.05, 0) is 23.6 Å². The summed E-state index contributed by atoms with van der Waals surface area (Å²) in [7, 11) is 1.67. The third-order valence-corrected chi connectivity index (χ3v) is 6.88. The topological polar surface area (TPSA) is 81.8 Å². The molecule has 3 aromatic heterocycles. The van der Waals surface area contributed by atoms with Gasteiger partial charge in [-0.15, -0.1) is 11.3 Å². The molecule has 0 atom stereocenters. The van der Waals surface area contributed by atoms with Crippen LogP contribution in [-0.2, 0) is 11.8 Å². The molecule has 0 unspecified atom stereocenters. The number of fused-ring (bicyclic) bond motifs is 1. The first-order valence-corrected chi connectivity index (χ1v) is 12.0. The van der Waals surface area contributed by atoms with Crippen LogP contribution in [0.4, 0.5) is 5.82 Å². The van der Waals surface area contributed by atoms with Gasteiger partial charge in [0, 0.05) is 18.7 Å². The minimum Gasteiger partial charge on any atom is -0.310 e. The number of anilines is 1. The maximum absolute atomic E-state index is 12.8. The van der Waals surface area contributed by atoms with E-state index in [2.05, 4.69) is 10.3 Å². The number of para-hydroxylation sites is 1. The maximum Gasteiger partial charge on any atom is 0.262 e. The number of amides is 1. The average Bonchev–Trinajstić information content (AvgIpc) is 3.49. The van der Waals surface area contributed by atoms with Crippen LogP contribution in [0.25, 0.3) is 27.2 Å². The largest absolute Gasteiger partial charge is 0.310 e. The highest BCUT2D eigenvalue weighted by Gasteiger charge is 2.16. The smallest absolute Gasteiger partial charge is 0.262 e. The van der Waals surface area contributed by atoms with Crippen LogP contribution in [0.1, 0.15) is 0 Å². The second-order valence-corrected chi connectivity index (χ2v) is 9.10. The SMILES string of the molecule is Cn1c(SCC(=O)Nc2cc(-c3ccccc3)nn2-c2ccccc2)nc2sccc2c1=O. The minimum atomic E-state index is -0.211. The summed E-state index contributed by atoms with van der Waals surface area (Å²) in [5, 5.41) is 10.6. The summed E-state index contributed by atoms with van der Waals surface area (Å²) in [4.78, 5) is 30.5. The number of thiophene rings is 1. The zero-order valence-electron chi connectivity index (χ0n) is 17.6. The molecule has 5 aromatic rings. The molecule has 9 heteroatoms. The van der Waals surface area contributed by atoms with E-state index in [1.54, 1.807) is 17.8 Å². The van der Waals surface area contributed by atoms with E-state index in [0.29, 0.717) is 21.2 Å². The number of carbonyl (C=O) groups is 1. The van der Waals surface area contributed by atoms with Gasteiger partial charge in [-0.1, -0.05) is 60.3 Å². The molecule has 1 N–H and O–H groups in total. The fourth-order valence-electron chi connectivity index (χ4n) is 3.40. The number of nitrogens with one attached hydrogen (secondary N) is 1. The van der Waals surface area contributed by atoms with E-state index >= 15 is 0 Å². The van der Waals surface area contributed by atoms with Crippen molar-refractivity contribution in [3.8, 4) is 16.9 Å². The van der Waals surface area contributed by atoms with Gasteiger partial charge in [-0.3, -0.25) is 14.2 Å². The normalized spacial score (nSPS) is 11.1. The molecule has 164 valence electrons. The van der Waals surface area contributed by atoms with E-state index in [-0.39, 0.29) is 17.2 Å².